The molecule has 2 aromatic heterocycles. The van der Waals surface area contributed by atoms with Crippen LogP contribution in [0.25, 0.3) is 11.2 Å². The van der Waals surface area contributed by atoms with Crippen molar-refractivity contribution in [2.45, 2.75) is 32.9 Å². The Kier molecular flexibility index (Phi) is 4.58. The number of hydrogen-bond donors (Lipinski definition) is 0. The van der Waals surface area contributed by atoms with Gasteiger partial charge in [0.15, 0.2) is 16.3 Å². The first-order valence-electron chi connectivity index (χ1n) is 7.32. The highest BCUT2D eigenvalue weighted by Gasteiger charge is 2.25. The van der Waals surface area contributed by atoms with Gasteiger partial charge < -0.3 is 0 Å². The first-order chi connectivity index (χ1) is 11.0. The zero-order valence-electron chi connectivity index (χ0n) is 14.5. The molecule has 0 N–H and O–H groups in total. The summed E-state index contributed by atoms with van der Waals surface area (Å²) in [5.41, 5.74) is -1.46. The van der Waals surface area contributed by atoms with Crippen LogP contribution in [0.5, 0.6) is 0 Å². The lowest BCUT2D eigenvalue weighted by atomic mass is 9.92. The van der Waals surface area contributed by atoms with E-state index in [-0.39, 0.29) is 27.9 Å². The van der Waals surface area contributed by atoms with E-state index in [0.29, 0.717) is 0 Å². The van der Waals surface area contributed by atoms with Crippen molar-refractivity contribution < 1.29 is 9.59 Å². The molecule has 0 aliphatic carbocycles. The topological polar surface area (TPSA) is 96.0 Å². The Morgan fingerprint density at radius 1 is 1.12 bits per heavy atom. The van der Waals surface area contributed by atoms with Gasteiger partial charge in [-0.3, -0.25) is 28.1 Å². The number of fused-ring (bicyclic) bond motifs is 1. The van der Waals surface area contributed by atoms with Crippen LogP contribution in [-0.4, -0.2) is 36.1 Å². The number of thioether (sulfide) groups is 1. The zero-order chi connectivity index (χ0) is 18.4. The van der Waals surface area contributed by atoms with Gasteiger partial charge in [-0.2, -0.15) is 0 Å². The molecule has 9 heteroatoms. The lowest BCUT2D eigenvalue weighted by Gasteiger charge is -2.15. The fourth-order valence-electron chi connectivity index (χ4n) is 2.11. The van der Waals surface area contributed by atoms with E-state index in [1.165, 1.54) is 25.6 Å². The molecule has 0 saturated carbocycles. The zero-order valence-corrected chi connectivity index (χ0v) is 15.4. The Hall–Kier alpha value is -2.16. The van der Waals surface area contributed by atoms with E-state index in [4.69, 9.17) is 0 Å². The molecule has 2 rings (SSSR count). The number of carbonyl (C=O) groups excluding carboxylic acids is 2. The first-order valence-corrected chi connectivity index (χ1v) is 8.31. The summed E-state index contributed by atoms with van der Waals surface area (Å²) in [6, 6.07) is 0. The summed E-state index contributed by atoms with van der Waals surface area (Å²) in [5, 5.41) is 0.230. The maximum Gasteiger partial charge on any atom is 0.332 e. The van der Waals surface area contributed by atoms with Gasteiger partial charge in [-0.1, -0.05) is 32.5 Å². The van der Waals surface area contributed by atoms with E-state index in [1.807, 2.05) is 20.8 Å². The number of rotatable bonds is 3. The molecule has 2 aromatic rings. The first kappa shape index (κ1) is 18.2. The molecule has 0 atom stereocenters. The number of ketones is 1. The van der Waals surface area contributed by atoms with Crippen LogP contribution in [0.4, 0.5) is 0 Å². The standard InChI is InChI=1S/C15H20N4O4S/c1-8(20)19-10-11(17(5)14(23)18(6)12(10)22)16-13(19)24-7-9(21)15(2,3)4/h7H2,1-6H3. The minimum Gasteiger partial charge on any atom is -0.298 e. The molecule has 0 spiro atoms. The predicted molar refractivity (Wildman–Crippen MR) is 91.7 cm³/mol. The third-order valence-electron chi connectivity index (χ3n) is 3.71. The van der Waals surface area contributed by atoms with Crippen LogP contribution in [-0.2, 0) is 18.9 Å². The molecule has 0 unspecified atom stereocenters. The molecule has 0 amide bonds. The van der Waals surface area contributed by atoms with E-state index in [0.717, 1.165) is 20.9 Å². The van der Waals surface area contributed by atoms with Crippen LogP contribution >= 0.6 is 11.8 Å². The number of Topliss-reactive ketones (excluding diaryl/α,β-unsaturated/α-hetero) is 1. The Morgan fingerprint density at radius 2 is 1.71 bits per heavy atom. The van der Waals surface area contributed by atoms with Gasteiger partial charge in [0.25, 0.3) is 5.56 Å². The Bertz CT molecular complexity index is 959. The highest BCUT2D eigenvalue weighted by atomic mass is 32.2. The number of hydrogen-bond acceptors (Lipinski definition) is 6. The van der Waals surface area contributed by atoms with Gasteiger partial charge in [0.2, 0.25) is 5.91 Å². The largest absolute Gasteiger partial charge is 0.332 e. The summed E-state index contributed by atoms with van der Waals surface area (Å²) >= 11 is 1.08. The molecule has 0 bridgehead atoms. The highest BCUT2D eigenvalue weighted by Crippen LogP contribution is 2.25. The van der Waals surface area contributed by atoms with Gasteiger partial charge in [-0.15, -0.1) is 0 Å². The van der Waals surface area contributed by atoms with Gasteiger partial charge in [0.05, 0.1) is 5.75 Å². The van der Waals surface area contributed by atoms with Crippen molar-refractivity contribution in [1.29, 1.82) is 0 Å². The van der Waals surface area contributed by atoms with Crippen LogP contribution in [0.15, 0.2) is 14.7 Å². The molecule has 130 valence electrons. The van der Waals surface area contributed by atoms with Crippen molar-refractivity contribution in [1.82, 2.24) is 18.7 Å². The second-order valence-corrected chi connectivity index (χ2v) is 7.53. The van der Waals surface area contributed by atoms with E-state index >= 15 is 0 Å². The van der Waals surface area contributed by atoms with E-state index in [9.17, 15) is 19.2 Å². The molecule has 0 saturated heterocycles. The number of carbonyl (C=O) groups is 2. The van der Waals surface area contributed by atoms with Gasteiger partial charge >= 0.3 is 5.69 Å². The molecular formula is C15H20N4O4S. The van der Waals surface area contributed by atoms with Crippen molar-refractivity contribution in [3.63, 3.8) is 0 Å². The second-order valence-electron chi connectivity index (χ2n) is 6.59. The Morgan fingerprint density at radius 3 is 2.21 bits per heavy atom. The monoisotopic (exact) mass is 352 g/mol. The lowest BCUT2D eigenvalue weighted by molar-refractivity contribution is -0.123. The Balaban J connectivity index is 2.66. The smallest absolute Gasteiger partial charge is 0.298 e. The third-order valence-corrected chi connectivity index (χ3v) is 4.65. The maximum absolute atomic E-state index is 12.4. The Labute approximate surface area is 142 Å². The molecule has 8 nitrogen and oxygen atoms in total. The van der Waals surface area contributed by atoms with Crippen LogP contribution < -0.4 is 11.2 Å². The number of imidazole rings is 1. The summed E-state index contributed by atoms with van der Waals surface area (Å²) in [6.45, 7) is 6.73. The summed E-state index contributed by atoms with van der Waals surface area (Å²) in [6.07, 6.45) is 0. The molecule has 0 radical (unpaired) electrons. The molecule has 0 aliphatic rings. The van der Waals surface area contributed by atoms with Crippen LogP contribution in [0.1, 0.15) is 32.5 Å². The van der Waals surface area contributed by atoms with Crippen LogP contribution in [0.2, 0.25) is 0 Å². The van der Waals surface area contributed by atoms with Gasteiger partial charge in [0, 0.05) is 26.4 Å². The number of aromatic nitrogens is 4. The number of aryl methyl sites for hydroxylation is 1. The third kappa shape index (κ3) is 2.95. The fourth-order valence-corrected chi connectivity index (χ4v) is 3.30. The molecule has 0 fully saturated rings. The SMILES string of the molecule is CC(=O)n1c(SCC(=O)C(C)(C)C)nc2c1c(=O)n(C)c(=O)n2C. The van der Waals surface area contributed by atoms with Crippen molar-refractivity contribution in [3.8, 4) is 0 Å². The second kappa shape index (κ2) is 6.04. The molecule has 2 heterocycles. The van der Waals surface area contributed by atoms with Crippen molar-refractivity contribution >= 4 is 34.6 Å². The summed E-state index contributed by atoms with van der Waals surface area (Å²) in [7, 11) is 2.83. The normalized spacial score (nSPS) is 11.9. The number of nitrogens with zero attached hydrogens (tertiary/aromatic N) is 4. The van der Waals surface area contributed by atoms with Crippen LogP contribution in [0.3, 0.4) is 0 Å². The summed E-state index contributed by atoms with van der Waals surface area (Å²) in [4.78, 5) is 52.8. The van der Waals surface area contributed by atoms with Gasteiger partial charge in [-0.05, 0) is 0 Å². The molecule has 0 aromatic carbocycles. The quantitative estimate of drug-likeness (QED) is 0.758. The summed E-state index contributed by atoms with van der Waals surface area (Å²) in [5.74, 6) is -0.288. The van der Waals surface area contributed by atoms with Crippen molar-refractivity contribution in [2.24, 2.45) is 19.5 Å². The van der Waals surface area contributed by atoms with Crippen LogP contribution in [0, 0.1) is 5.41 Å². The lowest BCUT2D eigenvalue weighted by Crippen LogP contribution is -2.37. The predicted octanol–water partition coefficient (Wildman–Crippen LogP) is 0.801. The highest BCUT2D eigenvalue weighted by molar-refractivity contribution is 7.99. The minimum atomic E-state index is -0.593. The van der Waals surface area contributed by atoms with E-state index in [2.05, 4.69) is 4.98 Å². The molecule has 24 heavy (non-hydrogen) atoms. The average molecular weight is 352 g/mol. The van der Waals surface area contributed by atoms with Gasteiger partial charge in [0.1, 0.15) is 5.78 Å². The maximum atomic E-state index is 12.4. The minimum absolute atomic E-state index is 0.00329. The molecule has 0 aliphatic heterocycles. The average Bonchev–Trinajstić information content (AvgIpc) is 2.87. The fraction of sp³-hybridized carbons (Fsp3) is 0.533. The van der Waals surface area contributed by atoms with E-state index < -0.39 is 22.6 Å². The van der Waals surface area contributed by atoms with Crippen molar-refractivity contribution in [3.05, 3.63) is 20.8 Å². The molecular weight excluding hydrogens is 332 g/mol. The summed E-state index contributed by atoms with van der Waals surface area (Å²) < 4.78 is 3.31. The van der Waals surface area contributed by atoms with Gasteiger partial charge in [-0.25, -0.2) is 9.78 Å². The van der Waals surface area contributed by atoms with Crippen molar-refractivity contribution in [2.75, 3.05) is 5.75 Å². The van der Waals surface area contributed by atoms with E-state index in [1.54, 1.807) is 0 Å².